The van der Waals surface area contributed by atoms with Gasteiger partial charge in [-0.15, -0.1) is 0 Å². The summed E-state index contributed by atoms with van der Waals surface area (Å²) in [6.45, 7) is 2.06. The lowest BCUT2D eigenvalue weighted by Crippen LogP contribution is -2.14. The first kappa shape index (κ1) is 9.16. The molecule has 1 heterocycles. The fourth-order valence-electron chi connectivity index (χ4n) is 1.44. The Hall–Kier alpha value is -0.410. The molecule has 0 aliphatic heterocycles. The van der Waals surface area contributed by atoms with E-state index in [1.165, 1.54) is 18.4 Å². The quantitative estimate of drug-likeness (QED) is 0.864. The van der Waals surface area contributed by atoms with Crippen molar-refractivity contribution < 1.29 is 0 Å². The molecule has 1 fully saturated rings. The van der Waals surface area contributed by atoms with Crippen LogP contribution in [0.3, 0.4) is 0 Å². The van der Waals surface area contributed by atoms with Gasteiger partial charge in [-0.1, -0.05) is 0 Å². The van der Waals surface area contributed by atoms with Crippen LogP contribution in [-0.4, -0.2) is 4.98 Å². The zero-order chi connectivity index (χ0) is 9.42. The second-order valence-corrected chi connectivity index (χ2v) is 4.58. The maximum Gasteiger partial charge on any atom is 0.0577 e. The average molecular weight is 241 g/mol. The smallest absolute Gasteiger partial charge is 0.0577 e. The molecule has 1 aliphatic carbocycles. The van der Waals surface area contributed by atoms with Crippen molar-refractivity contribution in [2.45, 2.75) is 25.8 Å². The Morgan fingerprint density at radius 3 is 2.85 bits per heavy atom. The fourth-order valence-corrected chi connectivity index (χ4v) is 1.66. The largest absolute Gasteiger partial charge is 0.322 e. The van der Waals surface area contributed by atoms with Gasteiger partial charge in [-0.3, -0.25) is 4.98 Å². The molecular formula is C10H13BrN2. The van der Waals surface area contributed by atoms with Gasteiger partial charge in [0.25, 0.3) is 0 Å². The minimum absolute atomic E-state index is 0.145. The first-order valence-electron chi connectivity index (χ1n) is 4.56. The Morgan fingerprint density at radius 1 is 1.62 bits per heavy atom. The van der Waals surface area contributed by atoms with Crippen LogP contribution in [0.2, 0.25) is 0 Å². The number of nitrogens with zero attached hydrogens (tertiary/aromatic N) is 1. The number of aromatic nitrogens is 1. The van der Waals surface area contributed by atoms with Crippen molar-refractivity contribution in [2.75, 3.05) is 0 Å². The van der Waals surface area contributed by atoms with Gasteiger partial charge in [0.2, 0.25) is 0 Å². The van der Waals surface area contributed by atoms with Gasteiger partial charge < -0.3 is 5.73 Å². The molecule has 0 spiro atoms. The van der Waals surface area contributed by atoms with Crippen molar-refractivity contribution in [1.82, 2.24) is 4.98 Å². The van der Waals surface area contributed by atoms with E-state index in [4.69, 9.17) is 5.73 Å². The van der Waals surface area contributed by atoms with Crippen LogP contribution < -0.4 is 5.73 Å². The van der Waals surface area contributed by atoms with Gasteiger partial charge in [-0.05, 0) is 53.2 Å². The molecule has 2 rings (SSSR count). The molecule has 1 saturated carbocycles. The molecule has 0 aromatic carbocycles. The zero-order valence-electron chi connectivity index (χ0n) is 7.63. The van der Waals surface area contributed by atoms with Crippen LogP contribution in [0, 0.1) is 12.8 Å². The maximum atomic E-state index is 6.04. The van der Waals surface area contributed by atoms with E-state index >= 15 is 0 Å². The molecule has 1 aliphatic rings. The molecule has 0 amide bonds. The highest BCUT2D eigenvalue weighted by Crippen LogP contribution is 2.39. The Labute approximate surface area is 86.7 Å². The van der Waals surface area contributed by atoms with Crippen molar-refractivity contribution in [2.24, 2.45) is 11.7 Å². The summed E-state index contributed by atoms with van der Waals surface area (Å²) in [4.78, 5) is 4.33. The van der Waals surface area contributed by atoms with E-state index in [0.29, 0.717) is 5.92 Å². The van der Waals surface area contributed by atoms with Gasteiger partial charge >= 0.3 is 0 Å². The molecular weight excluding hydrogens is 228 g/mol. The van der Waals surface area contributed by atoms with E-state index in [1.54, 1.807) is 0 Å². The molecule has 0 unspecified atom stereocenters. The summed E-state index contributed by atoms with van der Waals surface area (Å²) >= 11 is 3.43. The number of hydrogen-bond donors (Lipinski definition) is 1. The van der Waals surface area contributed by atoms with Crippen LogP contribution in [0.15, 0.2) is 16.7 Å². The number of hydrogen-bond acceptors (Lipinski definition) is 2. The van der Waals surface area contributed by atoms with E-state index in [1.807, 2.05) is 6.20 Å². The first-order valence-corrected chi connectivity index (χ1v) is 5.35. The molecule has 13 heavy (non-hydrogen) atoms. The third-order valence-corrected chi connectivity index (χ3v) is 3.37. The van der Waals surface area contributed by atoms with Gasteiger partial charge in [0.15, 0.2) is 0 Å². The van der Waals surface area contributed by atoms with E-state index in [2.05, 4.69) is 33.9 Å². The molecule has 1 aromatic rings. The summed E-state index contributed by atoms with van der Waals surface area (Å²) in [7, 11) is 0. The van der Waals surface area contributed by atoms with Crippen molar-refractivity contribution in [3.63, 3.8) is 0 Å². The first-order chi connectivity index (χ1) is 6.18. The lowest BCUT2D eigenvalue weighted by Gasteiger charge is -2.10. The van der Waals surface area contributed by atoms with Gasteiger partial charge in [-0.25, -0.2) is 0 Å². The minimum Gasteiger partial charge on any atom is -0.322 e. The third-order valence-electron chi connectivity index (χ3n) is 2.54. The van der Waals surface area contributed by atoms with Crippen molar-refractivity contribution >= 4 is 15.9 Å². The van der Waals surface area contributed by atoms with E-state index in [0.717, 1.165) is 10.2 Å². The lowest BCUT2D eigenvalue weighted by molar-refractivity contribution is 0.614. The molecule has 3 heteroatoms. The molecule has 0 radical (unpaired) electrons. The SMILES string of the molecule is Cc1cc([C@@H](N)C2CC2)ncc1Br. The van der Waals surface area contributed by atoms with E-state index in [-0.39, 0.29) is 6.04 Å². The monoisotopic (exact) mass is 240 g/mol. The van der Waals surface area contributed by atoms with Crippen LogP contribution >= 0.6 is 15.9 Å². The predicted molar refractivity (Wildman–Crippen MR) is 56.3 cm³/mol. The van der Waals surface area contributed by atoms with Gasteiger partial charge in [-0.2, -0.15) is 0 Å². The number of aryl methyl sites for hydroxylation is 1. The normalized spacial score (nSPS) is 18.7. The lowest BCUT2D eigenvalue weighted by atomic mass is 10.1. The Kier molecular flexibility index (Phi) is 2.39. The van der Waals surface area contributed by atoms with Crippen molar-refractivity contribution in [3.05, 3.63) is 28.0 Å². The van der Waals surface area contributed by atoms with E-state index in [9.17, 15) is 0 Å². The number of rotatable bonds is 2. The summed E-state index contributed by atoms with van der Waals surface area (Å²) in [6.07, 6.45) is 4.36. The van der Waals surface area contributed by atoms with E-state index < -0.39 is 0 Å². The Morgan fingerprint density at radius 2 is 2.31 bits per heavy atom. The highest BCUT2D eigenvalue weighted by atomic mass is 79.9. The number of pyridine rings is 1. The Bertz CT molecular complexity index is 321. The number of nitrogens with two attached hydrogens (primary N) is 1. The summed E-state index contributed by atoms with van der Waals surface area (Å²) in [5, 5.41) is 0. The topological polar surface area (TPSA) is 38.9 Å². The highest BCUT2D eigenvalue weighted by molar-refractivity contribution is 9.10. The predicted octanol–water partition coefficient (Wildman–Crippen LogP) is 2.56. The molecule has 2 nitrogen and oxygen atoms in total. The molecule has 70 valence electrons. The molecule has 0 saturated heterocycles. The number of halogens is 1. The third kappa shape index (κ3) is 1.92. The summed E-state index contributed by atoms with van der Waals surface area (Å²) in [5.41, 5.74) is 8.28. The van der Waals surface area contributed by atoms with Gasteiger partial charge in [0.05, 0.1) is 5.69 Å². The van der Waals surface area contributed by atoms with Gasteiger partial charge in [0, 0.05) is 16.7 Å². The second-order valence-electron chi connectivity index (χ2n) is 3.72. The summed E-state index contributed by atoms with van der Waals surface area (Å²) in [6, 6.07) is 2.22. The van der Waals surface area contributed by atoms with Crippen LogP contribution in [0.25, 0.3) is 0 Å². The van der Waals surface area contributed by atoms with Crippen LogP contribution in [0.4, 0.5) is 0 Å². The zero-order valence-corrected chi connectivity index (χ0v) is 9.21. The van der Waals surface area contributed by atoms with Crippen LogP contribution in [0.5, 0.6) is 0 Å². The van der Waals surface area contributed by atoms with Gasteiger partial charge in [0.1, 0.15) is 0 Å². The maximum absolute atomic E-state index is 6.04. The fraction of sp³-hybridized carbons (Fsp3) is 0.500. The summed E-state index contributed by atoms with van der Waals surface area (Å²) in [5.74, 6) is 0.674. The Balaban J connectivity index is 2.24. The molecule has 1 aromatic heterocycles. The minimum atomic E-state index is 0.145. The average Bonchev–Trinajstić information content (AvgIpc) is 2.91. The van der Waals surface area contributed by atoms with Crippen molar-refractivity contribution in [1.29, 1.82) is 0 Å². The standard InChI is InChI=1S/C10H13BrN2/c1-6-4-9(13-5-8(6)11)10(12)7-2-3-7/h4-5,7,10H,2-3,12H2,1H3/t10-/m0/s1. The van der Waals surface area contributed by atoms with Crippen LogP contribution in [-0.2, 0) is 0 Å². The second kappa shape index (κ2) is 3.39. The van der Waals surface area contributed by atoms with Crippen molar-refractivity contribution in [3.8, 4) is 0 Å². The summed E-state index contributed by atoms with van der Waals surface area (Å²) < 4.78 is 1.05. The molecule has 0 bridgehead atoms. The van der Waals surface area contributed by atoms with Crippen LogP contribution in [0.1, 0.15) is 30.1 Å². The molecule has 1 atom stereocenters. The highest BCUT2D eigenvalue weighted by Gasteiger charge is 2.30. The molecule has 2 N–H and O–H groups in total.